The molecule has 0 spiro atoms. The number of carbonyl (C=O) groups is 1. The number of amides is 1. The maximum Gasteiger partial charge on any atom is 0.407 e. The molecule has 4 nitrogen and oxygen atoms in total. The van der Waals surface area contributed by atoms with Gasteiger partial charge in [-0.2, -0.15) is 0 Å². The van der Waals surface area contributed by atoms with Crippen LogP contribution in [0.15, 0.2) is 28.7 Å². The van der Waals surface area contributed by atoms with Gasteiger partial charge in [-0.25, -0.2) is 4.79 Å². The molecule has 1 aromatic carbocycles. The summed E-state index contributed by atoms with van der Waals surface area (Å²) in [5.74, 6) is 0. The summed E-state index contributed by atoms with van der Waals surface area (Å²) in [6.07, 6.45) is -0.382. The van der Waals surface area contributed by atoms with E-state index >= 15 is 0 Å². The average molecular weight is 357 g/mol. The highest BCUT2D eigenvalue weighted by molar-refractivity contribution is 9.10. The van der Waals surface area contributed by atoms with Crippen molar-refractivity contribution in [2.75, 3.05) is 6.54 Å². The van der Waals surface area contributed by atoms with Crippen LogP contribution in [0, 0.1) is 0 Å². The van der Waals surface area contributed by atoms with E-state index in [0.29, 0.717) is 6.54 Å². The standard InChI is InChI=1S/C16H25BrN2O2/c1-11(19-15(20)21-16(3,4)5)10-18-12(2)13-7-6-8-14(17)9-13/h6-9,11-12,18H,10H2,1-5H3,(H,19,20). The Labute approximate surface area is 135 Å². The van der Waals surface area contributed by atoms with Crippen molar-refractivity contribution in [2.24, 2.45) is 0 Å². The largest absolute Gasteiger partial charge is 0.444 e. The highest BCUT2D eigenvalue weighted by atomic mass is 79.9. The lowest BCUT2D eigenvalue weighted by Gasteiger charge is -2.23. The third kappa shape index (κ3) is 7.48. The van der Waals surface area contributed by atoms with Gasteiger partial charge >= 0.3 is 6.09 Å². The molecule has 0 saturated carbocycles. The second kappa shape index (κ2) is 7.80. The SMILES string of the molecule is CC(CNC(C)c1cccc(Br)c1)NC(=O)OC(C)(C)C. The zero-order valence-electron chi connectivity index (χ0n) is 13.4. The number of rotatable bonds is 5. The van der Waals surface area contributed by atoms with Crippen molar-refractivity contribution in [1.82, 2.24) is 10.6 Å². The predicted molar refractivity (Wildman–Crippen MR) is 89.4 cm³/mol. The van der Waals surface area contributed by atoms with Crippen LogP contribution >= 0.6 is 15.9 Å². The molecule has 0 aromatic heterocycles. The lowest BCUT2D eigenvalue weighted by atomic mass is 10.1. The Balaban J connectivity index is 2.39. The molecular formula is C16H25BrN2O2. The molecular weight excluding hydrogens is 332 g/mol. The smallest absolute Gasteiger partial charge is 0.407 e. The second-order valence-electron chi connectivity index (χ2n) is 6.23. The minimum atomic E-state index is -0.471. The molecule has 2 unspecified atom stereocenters. The van der Waals surface area contributed by atoms with Gasteiger partial charge in [0.05, 0.1) is 0 Å². The molecule has 0 radical (unpaired) electrons. The number of carbonyl (C=O) groups excluding carboxylic acids is 1. The topological polar surface area (TPSA) is 50.4 Å². The van der Waals surface area contributed by atoms with Gasteiger partial charge < -0.3 is 15.4 Å². The molecule has 0 bridgehead atoms. The zero-order valence-corrected chi connectivity index (χ0v) is 15.0. The molecule has 0 aliphatic carbocycles. The Kier molecular flexibility index (Phi) is 6.68. The van der Waals surface area contributed by atoms with Crippen LogP contribution in [0.4, 0.5) is 4.79 Å². The number of hydrogen-bond acceptors (Lipinski definition) is 3. The van der Waals surface area contributed by atoms with Crippen LogP contribution in [0.3, 0.4) is 0 Å². The van der Waals surface area contributed by atoms with E-state index in [0.717, 1.165) is 4.47 Å². The number of alkyl carbamates (subject to hydrolysis) is 1. The van der Waals surface area contributed by atoms with E-state index in [9.17, 15) is 4.79 Å². The monoisotopic (exact) mass is 356 g/mol. The second-order valence-corrected chi connectivity index (χ2v) is 7.15. The van der Waals surface area contributed by atoms with Gasteiger partial charge in [-0.05, 0) is 52.3 Å². The van der Waals surface area contributed by atoms with Crippen LogP contribution in [0.25, 0.3) is 0 Å². The van der Waals surface area contributed by atoms with Gasteiger partial charge in [0.25, 0.3) is 0 Å². The van der Waals surface area contributed by atoms with E-state index in [1.807, 2.05) is 39.8 Å². The highest BCUT2D eigenvalue weighted by Gasteiger charge is 2.17. The van der Waals surface area contributed by atoms with E-state index in [4.69, 9.17) is 4.74 Å². The number of hydrogen-bond donors (Lipinski definition) is 2. The van der Waals surface area contributed by atoms with Gasteiger partial charge in [0, 0.05) is 23.1 Å². The lowest BCUT2D eigenvalue weighted by Crippen LogP contribution is -2.43. The summed E-state index contributed by atoms with van der Waals surface area (Å²) >= 11 is 3.47. The van der Waals surface area contributed by atoms with Crippen LogP contribution in [-0.4, -0.2) is 24.3 Å². The van der Waals surface area contributed by atoms with Crippen LogP contribution in [0.5, 0.6) is 0 Å². The maximum absolute atomic E-state index is 11.7. The van der Waals surface area contributed by atoms with Gasteiger partial charge in [0.2, 0.25) is 0 Å². The minimum Gasteiger partial charge on any atom is -0.444 e. The fourth-order valence-electron chi connectivity index (χ4n) is 1.81. The Morgan fingerprint density at radius 3 is 2.57 bits per heavy atom. The van der Waals surface area contributed by atoms with E-state index in [1.54, 1.807) is 0 Å². The fraction of sp³-hybridized carbons (Fsp3) is 0.562. The number of benzene rings is 1. The van der Waals surface area contributed by atoms with Crippen molar-refractivity contribution in [2.45, 2.75) is 52.3 Å². The van der Waals surface area contributed by atoms with Crippen LogP contribution in [-0.2, 0) is 4.74 Å². The molecule has 1 aromatic rings. The number of halogens is 1. The Hall–Kier alpha value is -1.07. The maximum atomic E-state index is 11.7. The summed E-state index contributed by atoms with van der Waals surface area (Å²) in [4.78, 5) is 11.7. The Morgan fingerprint density at radius 2 is 2.00 bits per heavy atom. The molecule has 0 saturated heterocycles. The third-order valence-corrected chi connectivity index (χ3v) is 3.34. The number of nitrogens with one attached hydrogen (secondary N) is 2. The fourth-order valence-corrected chi connectivity index (χ4v) is 2.22. The first-order valence-electron chi connectivity index (χ1n) is 7.16. The Bertz CT molecular complexity index is 472. The molecule has 0 aliphatic rings. The summed E-state index contributed by atoms with van der Waals surface area (Å²) < 4.78 is 6.30. The van der Waals surface area contributed by atoms with Gasteiger partial charge in [-0.3, -0.25) is 0 Å². The molecule has 2 atom stereocenters. The van der Waals surface area contributed by atoms with Crippen molar-refractivity contribution >= 4 is 22.0 Å². The first-order chi connectivity index (χ1) is 9.67. The minimum absolute atomic E-state index is 0.00514. The van der Waals surface area contributed by atoms with Crippen molar-refractivity contribution < 1.29 is 9.53 Å². The quantitative estimate of drug-likeness (QED) is 0.837. The van der Waals surface area contributed by atoms with Gasteiger partial charge in [-0.15, -0.1) is 0 Å². The van der Waals surface area contributed by atoms with E-state index < -0.39 is 5.60 Å². The van der Waals surface area contributed by atoms with Crippen LogP contribution < -0.4 is 10.6 Å². The summed E-state index contributed by atoms with van der Waals surface area (Å²) in [6, 6.07) is 8.39. The predicted octanol–water partition coefficient (Wildman–Crippen LogP) is 4.01. The normalized spacial score (nSPS) is 14.4. The first kappa shape index (κ1) is 18.0. The van der Waals surface area contributed by atoms with Crippen molar-refractivity contribution in [1.29, 1.82) is 0 Å². The summed E-state index contributed by atoms with van der Waals surface area (Å²) in [5, 5.41) is 6.22. The highest BCUT2D eigenvalue weighted by Crippen LogP contribution is 2.17. The third-order valence-electron chi connectivity index (χ3n) is 2.84. The van der Waals surface area contributed by atoms with Gasteiger partial charge in [-0.1, -0.05) is 28.1 Å². The van der Waals surface area contributed by atoms with E-state index in [2.05, 4.69) is 45.6 Å². The molecule has 118 valence electrons. The van der Waals surface area contributed by atoms with Crippen molar-refractivity contribution in [3.63, 3.8) is 0 Å². The van der Waals surface area contributed by atoms with E-state index in [1.165, 1.54) is 5.56 Å². The zero-order chi connectivity index (χ0) is 16.0. The molecule has 1 rings (SSSR count). The molecule has 0 fully saturated rings. The summed E-state index contributed by atoms with van der Waals surface area (Å²) in [7, 11) is 0. The summed E-state index contributed by atoms with van der Waals surface area (Å²) in [6.45, 7) is 10.3. The lowest BCUT2D eigenvalue weighted by molar-refractivity contribution is 0.0507. The average Bonchev–Trinajstić information content (AvgIpc) is 2.33. The summed E-state index contributed by atoms with van der Waals surface area (Å²) in [5.41, 5.74) is 0.731. The van der Waals surface area contributed by atoms with Gasteiger partial charge in [0.15, 0.2) is 0 Å². The molecule has 2 N–H and O–H groups in total. The number of ether oxygens (including phenoxy) is 1. The van der Waals surface area contributed by atoms with Crippen LogP contribution in [0.2, 0.25) is 0 Å². The molecule has 21 heavy (non-hydrogen) atoms. The van der Waals surface area contributed by atoms with Gasteiger partial charge in [0.1, 0.15) is 5.60 Å². The molecule has 0 aliphatic heterocycles. The van der Waals surface area contributed by atoms with Crippen molar-refractivity contribution in [3.05, 3.63) is 34.3 Å². The Morgan fingerprint density at radius 1 is 1.33 bits per heavy atom. The van der Waals surface area contributed by atoms with E-state index in [-0.39, 0.29) is 18.2 Å². The van der Waals surface area contributed by atoms with Crippen LogP contribution in [0.1, 0.15) is 46.2 Å². The molecule has 1 amide bonds. The first-order valence-corrected chi connectivity index (χ1v) is 7.95. The molecule has 5 heteroatoms. The van der Waals surface area contributed by atoms with Crippen molar-refractivity contribution in [3.8, 4) is 0 Å². The molecule has 0 heterocycles.